The molecule has 0 bridgehead atoms. The predicted molar refractivity (Wildman–Crippen MR) is 62.5 cm³/mol. The molecule has 0 aliphatic heterocycles. The quantitative estimate of drug-likeness (QED) is 0.863. The molecule has 0 saturated carbocycles. The molecule has 0 radical (unpaired) electrons. The highest BCUT2D eigenvalue weighted by molar-refractivity contribution is 9.10. The molecular weight excluding hydrogens is 283 g/mol. The van der Waals surface area contributed by atoms with Crippen LogP contribution < -0.4 is 5.32 Å². The Kier molecular flexibility index (Phi) is 4.24. The van der Waals surface area contributed by atoms with Crippen molar-refractivity contribution >= 4 is 21.6 Å². The summed E-state index contributed by atoms with van der Waals surface area (Å²) < 4.78 is 37.8. The molecule has 0 aliphatic rings. The number of anilines is 1. The highest BCUT2D eigenvalue weighted by Gasteiger charge is 2.33. The van der Waals surface area contributed by atoms with Crippen LogP contribution >= 0.6 is 15.9 Å². The SMILES string of the molecule is CC(C)CNc1ccc(Br)c(C(F)(F)F)c1. The van der Waals surface area contributed by atoms with E-state index in [4.69, 9.17) is 0 Å². The Bertz CT molecular complexity index is 361. The van der Waals surface area contributed by atoms with Gasteiger partial charge in [0.2, 0.25) is 0 Å². The second kappa shape index (κ2) is 5.08. The van der Waals surface area contributed by atoms with E-state index in [1.807, 2.05) is 13.8 Å². The molecule has 0 atom stereocenters. The number of nitrogens with one attached hydrogen (secondary N) is 1. The van der Waals surface area contributed by atoms with Crippen LogP contribution in [0.2, 0.25) is 0 Å². The Hall–Kier alpha value is -0.710. The normalized spacial score (nSPS) is 11.9. The van der Waals surface area contributed by atoms with E-state index in [1.165, 1.54) is 6.07 Å². The van der Waals surface area contributed by atoms with Gasteiger partial charge in [0.25, 0.3) is 0 Å². The summed E-state index contributed by atoms with van der Waals surface area (Å²) in [5.41, 5.74) is -0.162. The minimum atomic E-state index is -4.33. The van der Waals surface area contributed by atoms with Gasteiger partial charge < -0.3 is 5.32 Å². The van der Waals surface area contributed by atoms with Gasteiger partial charge in [0.1, 0.15) is 0 Å². The first-order valence-electron chi connectivity index (χ1n) is 4.91. The zero-order valence-corrected chi connectivity index (χ0v) is 10.6. The number of rotatable bonds is 3. The molecular formula is C11H13BrF3N. The summed E-state index contributed by atoms with van der Waals surface area (Å²) in [7, 11) is 0. The number of hydrogen-bond acceptors (Lipinski definition) is 1. The molecule has 0 fully saturated rings. The van der Waals surface area contributed by atoms with Gasteiger partial charge >= 0.3 is 6.18 Å². The molecule has 1 aromatic rings. The summed E-state index contributed by atoms with van der Waals surface area (Å²) >= 11 is 2.90. The highest BCUT2D eigenvalue weighted by Crippen LogP contribution is 2.36. The Morgan fingerprint density at radius 2 is 1.94 bits per heavy atom. The summed E-state index contributed by atoms with van der Waals surface area (Å²) in [4.78, 5) is 0. The van der Waals surface area contributed by atoms with Crippen molar-refractivity contribution in [2.75, 3.05) is 11.9 Å². The van der Waals surface area contributed by atoms with E-state index in [-0.39, 0.29) is 4.47 Å². The van der Waals surface area contributed by atoms with Gasteiger partial charge in [-0.25, -0.2) is 0 Å². The predicted octanol–water partition coefficient (Wildman–Crippen LogP) is 4.54. The van der Waals surface area contributed by atoms with Crippen LogP contribution in [0.1, 0.15) is 19.4 Å². The molecule has 1 nitrogen and oxygen atoms in total. The highest BCUT2D eigenvalue weighted by atomic mass is 79.9. The molecule has 1 aromatic carbocycles. The van der Waals surface area contributed by atoms with Crippen molar-refractivity contribution in [3.05, 3.63) is 28.2 Å². The van der Waals surface area contributed by atoms with Crippen LogP contribution in [-0.2, 0) is 6.18 Å². The fourth-order valence-corrected chi connectivity index (χ4v) is 1.65. The lowest BCUT2D eigenvalue weighted by Gasteiger charge is -2.13. The van der Waals surface area contributed by atoms with Crippen LogP contribution in [0.15, 0.2) is 22.7 Å². The molecule has 90 valence electrons. The van der Waals surface area contributed by atoms with E-state index < -0.39 is 11.7 Å². The molecule has 0 aliphatic carbocycles. The zero-order chi connectivity index (χ0) is 12.3. The average molecular weight is 296 g/mol. The van der Waals surface area contributed by atoms with Gasteiger partial charge in [-0.2, -0.15) is 13.2 Å². The zero-order valence-electron chi connectivity index (χ0n) is 9.03. The van der Waals surface area contributed by atoms with Crippen LogP contribution in [-0.4, -0.2) is 6.54 Å². The Morgan fingerprint density at radius 1 is 1.31 bits per heavy atom. The van der Waals surface area contributed by atoms with Crippen LogP contribution in [0.3, 0.4) is 0 Å². The number of hydrogen-bond donors (Lipinski definition) is 1. The molecule has 16 heavy (non-hydrogen) atoms. The minimum absolute atomic E-state index is 0.0649. The second-order valence-corrected chi connectivity index (χ2v) is 4.82. The molecule has 0 aromatic heterocycles. The monoisotopic (exact) mass is 295 g/mol. The number of benzene rings is 1. The first-order chi connectivity index (χ1) is 7.30. The van der Waals surface area contributed by atoms with Gasteiger partial charge in [0.15, 0.2) is 0 Å². The Balaban J connectivity index is 2.90. The van der Waals surface area contributed by atoms with E-state index in [0.717, 1.165) is 6.07 Å². The summed E-state index contributed by atoms with van der Waals surface area (Å²) in [6.45, 7) is 4.64. The number of halogens is 4. The molecule has 0 spiro atoms. The lowest BCUT2D eigenvalue weighted by Crippen LogP contribution is -2.10. The van der Waals surface area contributed by atoms with E-state index >= 15 is 0 Å². The largest absolute Gasteiger partial charge is 0.417 e. The van der Waals surface area contributed by atoms with Gasteiger partial charge in [-0.15, -0.1) is 0 Å². The molecule has 5 heteroatoms. The molecule has 0 unspecified atom stereocenters. The van der Waals surface area contributed by atoms with E-state index in [2.05, 4.69) is 21.2 Å². The van der Waals surface area contributed by atoms with Crippen molar-refractivity contribution in [3.63, 3.8) is 0 Å². The molecule has 1 rings (SSSR count). The summed E-state index contributed by atoms with van der Waals surface area (Å²) in [6.07, 6.45) is -4.33. The fraction of sp³-hybridized carbons (Fsp3) is 0.455. The van der Waals surface area contributed by atoms with Crippen LogP contribution in [0.4, 0.5) is 18.9 Å². The Morgan fingerprint density at radius 3 is 2.44 bits per heavy atom. The minimum Gasteiger partial charge on any atom is -0.385 e. The van der Waals surface area contributed by atoms with Gasteiger partial charge in [0, 0.05) is 16.7 Å². The van der Waals surface area contributed by atoms with Gasteiger partial charge in [-0.05, 0) is 24.1 Å². The van der Waals surface area contributed by atoms with Crippen molar-refractivity contribution in [3.8, 4) is 0 Å². The van der Waals surface area contributed by atoms with E-state index in [0.29, 0.717) is 18.2 Å². The van der Waals surface area contributed by atoms with Crippen LogP contribution in [0.5, 0.6) is 0 Å². The van der Waals surface area contributed by atoms with Crippen molar-refractivity contribution < 1.29 is 13.2 Å². The van der Waals surface area contributed by atoms with Gasteiger partial charge in [-0.3, -0.25) is 0 Å². The first kappa shape index (κ1) is 13.4. The molecule has 0 saturated heterocycles. The van der Waals surface area contributed by atoms with Gasteiger partial charge in [-0.1, -0.05) is 29.8 Å². The fourth-order valence-electron chi connectivity index (χ4n) is 1.17. The van der Waals surface area contributed by atoms with Gasteiger partial charge in [0.05, 0.1) is 5.56 Å². The molecule has 0 amide bonds. The maximum atomic E-state index is 12.6. The smallest absolute Gasteiger partial charge is 0.385 e. The standard InChI is InChI=1S/C11H13BrF3N/c1-7(2)6-16-8-3-4-10(12)9(5-8)11(13,14)15/h3-5,7,16H,6H2,1-2H3. The lowest BCUT2D eigenvalue weighted by molar-refractivity contribution is -0.138. The lowest BCUT2D eigenvalue weighted by atomic mass is 10.1. The number of alkyl halides is 3. The maximum absolute atomic E-state index is 12.6. The van der Waals surface area contributed by atoms with Crippen molar-refractivity contribution in [1.29, 1.82) is 0 Å². The summed E-state index contributed by atoms with van der Waals surface area (Å²) in [5.74, 6) is 0.387. The van der Waals surface area contributed by atoms with Crippen LogP contribution in [0.25, 0.3) is 0 Å². The van der Waals surface area contributed by atoms with Crippen molar-refractivity contribution in [2.24, 2.45) is 5.92 Å². The van der Waals surface area contributed by atoms with E-state index in [1.54, 1.807) is 6.07 Å². The van der Waals surface area contributed by atoms with E-state index in [9.17, 15) is 13.2 Å². The molecule has 1 N–H and O–H groups in total. The maximum Gasteiger partial charge on any atom is 0.417 e. The van der Waals surface area contributed by atoms with Crippen molar-refractivity contribution in [2.45, 2.75) is 20.0 Å². The Labute approximate surface area is 101 Å². The summed E-state index contributed by atoms with van der Waals surface area (Å²) in [5, 5.41) is 2.96. The third kappa shape index (κ3) is 3.70. The first-order valence-corrected chi connectivity index (χ1v) is 5.70. The van der Waals surface area contributed by atoms with Crippen LogP contribution in [0, 0.1) is 5.92 Å². The molecule has 0 heterocycles. The average Bonchev–Trinajstić information content (AvgIpc) is 2.14. The van der Waals surface area contributed by atoms with Crippen molar-refractivity contribution in [1.82, 2.24) is 0 Å². The summed E-state index contributed by atoms with van der Waals surface area (Å²) in [6, 6.07) is 4.15. The third-order valence-electron chi connectivity index (χ3n) is 1.99. The topological polar surface area (TPSA) is 12.0 Å². The second-order valence-electron chi connectivity index (χ2n) is 3.97. The third-order valence-corrected chi connectivity index (χ3v) is 2.68.